The highest BCUT2D eigenvalue weighted by molar-refractivity contribution is 5.07. The summed E-state index contributed by atoms with van der Waals surface area (Å²) in [5, 5.41) is 0. The third-order valence-corrected chi connectivity index (χ3v) is 9.22. The first kappa shape index (κ1) is 23.4. The van der Waals surface area contributed by atoms with Gasteiger partial charge in [0, 0.05) is 0 Å². The van der Waals surface area contributed by atoms with Crippen LogP contribution < -0.4 is 0 Å². The van der Waals surface area contributed by atoms with E-state index in [0.717, 1.165) is 35.5 Å². The zero-order valence-electron chi connectivity index (χ0n) is 20.3. The van der Waals surface area contributed by atoms with E-state index >= 15 is 0 Å². The van der Waals surface area contributed by atoms with E-state index in [-0.39, 0.29) is 0 Å². The van der Waals surface area contributed by atoms with E-state index in [1.807, 2.05) is 0 Å². The first-order chi connectivity index (χ1) is 14.2. The Bertz CT molecular complexity index is 450. The highest BCUT2D eigenvalue weighted by Gasteiger charge is 2.26. The average molecular weight is 401 g/mol. The minimum absolute atomic E-state index is 0.906. The van der Waals surface area contributed by atoms with Crippen molar-refractivity contribution < 1.29 is 0 Å². The van der Waals surface area contributed by atoms with Gasteiger partial charge in [-0.2, -0.15) is 0 Å². The van der Waals surface area contributed by atoms with Crippen molar-refractivity contribution in [2.45, 2.75) is 136 Å². The summed E-state index contributed by atoms with van der Waals surface area (Å²) in [7, 11) is 0. The van der Waals surface area contributed by atoms with Crippen LogP contribution in [-0.2, 0) is 0 Å². The molecule has 0 aromatic rings. The Morgan fingerprint density at radius 2 is 0.931 bits per heavy atom. The van der Waals surface area contributed by atoms with Crippen LogP contribution in [0.4, 0.5) is 0 Å². The van der Waals surface area contributed by atoms with Gasteiger partial charge in [-0.15, -0.1) is 0 Å². The Hall–Kier alpha value is -0.260. The second-order valence-corrected chi connectivity index (χ2v) is 11.5. The summed E-state index contributed by atoms with van der Waals surface area (Å²) in [6.45, 7) is 7.18. The molecule has 0 aromatic carbocycles. The molecule has 0 N–H and O–H groups in total. The van der Waals surface area contributed by atoms with Gasteiger partial charge in [0.25, 0.3) is 0 Å². The maximum atomic E-state index is 2.72. The molecule has 3 rings (SSSR count). The Labute approximate surface area is 183 Å². The molecule has 0 nitrogen and oxygen atoms in total. The second kappa shape index (κ2) is 12.6. The van der Waals surface area contributed by atoms with Crippen LogP contribution in [0.2, 0.25) is 0 Å². The first-order valence-corrected chi connectivity index (χ1v) is 13.9. The fourth-order valence-electron chi connectivity index (χ4n) is 7.15. The van der Waals surface area contributed by atoms with Crippen molar-refractivity contribution in [2.24, 2.45) is 35.5 Å². The molecule has 0 atom stereocenters. The van der Waals surface area contributed by atoms with Crippen LogP contribution in [-0.4, -0.2) is 0 Å². The van der Waals surface area contributed by atoms with Gasteiger partial charge in [0.1, 0.15) is 0 Å². The van der Waals surface area contributed by atoms with Crippen molar-refractivity contribution in [1.82, 2.24) is 0 Å². The van der Waals surface area contributed by atoms with Crippen LogP contribution in [0.5, 0.6) is 0 Å². The fraction of sp³-hybridized carbons (Fsp3) is 0.931. The summed E-state index contributed by atoms with van der Waals surface area (Å²) >= 11 is 0. The number of hydrogen-bond acceptors (Lipinski definition) is 0. The summed E-state index contributed by atoms with van der Waals surface area (Å²) in [6.07, 6.45) is 29.7. The minimum atomic E-state index is 0.906. The molecule has 0 heterocycles. The van der Waals surface area contributed by atoms with Gasteiger partial charge in [0.05, 0.1) is 0 Å². The zero-order valence-corrected chi connectivity index (χ0v) is 20.3. The van der Waals surface area contributed by atoms with E-state index in [0.29, 0.717) is 0 Å². The Balaban J connectivity index is 1.31. The molecule has 3 aliphatic rings. The molecule has 3 fully saturated rings. The van der Waals surface area contributed by atoms with Crippen molar-refractivity contribution in [3.05, 3.63) is 11.6 Å². The third-order valence-electron chi connectivity index (χ3n) is 9.22. The van der Waals surface area contributed by atoms with Crippen molar-refractivity contribution in [3.63, 3.8) is 0 Å². The normalized spacial score (nSPS) is 36.9. The van der Waals surface area contributed by atoms with Crippen molar-refractivity contribution in [2.75, 3.05) is 0 Å². The summed E-state index contributed by atoms with van der Waals surface area (Å²) < 4.78 is 0. The zero-order chi connectivity index (χ0) is 20.5. The molecule has 0 radical (unpaired) electrons. The summed E-state index contributed by atoms with van der Waals surface area (Å²) in [5.74, 6) is 6.07. The molecule has 3 saturated carbocycles. The standard InChI is InChI=1S/C29H52/c1-4-6-24-8-10-26(11-9-24)12-13-27-18-20-29(21-19-27)23(3)22-28-16-14-25(7-5-2)15-17-28/h22,24-29H,4-21H2,1-3H3. The van der Waals surface area contributed by atoms with Gasteiger partial charge in [-0.25, -0.2) is 0 Å². The molecule has 0 aromatic heterocycles. The third kappa shape index (κ3) is 7.74. The van der Waals surface area contributed by atoms with E-state index in [4.69, 9.17) is 0 Å². The molecule has 0 aliphatic heterocycles. The number of hydrogen-bond donors (Lipinski definition) is 0. The predicted octanol–water partition coefficient (Wildman–Crippen LogP) is 9.73. The van der Waals surface area contributed by atoms with E-state index in [1.54, 1.807) is 31.3 Å². The lowest BCUT2D eigenvalue weighted by Gasteiger charge is -2.33. The van der Waals surface area contributed by atoms with E-state index in [9.17, 15) is 0 Å². The molecular weight excluding hydrogens is 348 g/mol. The molecule has 0 amide bonds. The molecule has 0 saturated heterocycles. The lowest BCUT2D eigenvalue weighted by atomic mass is 9.73. The summed E-state index contributed by atoms with van der Waals surface area (Å²) in [5.41, 5.74) is 1.76. The highest BCUT2D eigenvalue weighted by Crippen LogP contribution is 2.40. The van der Waals surface area contributed by atoms with Crippen LogP contribution in [0.3, 0.4) is 0 Å². The van der Waals surface area contributed by atoms with Crippen molar-refractivity contribution in [3.8, 4) is 0 Å². The fourth-order valence-corrected chi connectivity index (χ4v) is 7.15. The molecule has 0 bridgehead atoms. The Morgan fingerprint density at radius 1 is 0.552 bits per heavy atom. The smallest absolute Gasteiger partial charge is 0.0206 e. The van der Waals surface area contributed by atoms with Crippen LogP contribution in [0.25, 0.3) is 0 Å². The Morgan fingerprint density at radius 3 is 1.38 bits per heavy atom. The second-order valence-electron chi connectivity index (χ2n) is 11.5. The Kier molecular flexibility index (Phi) is 10.1. The maximum absolute atomic E-state index is 2.72. The molecule has 0 unspecified atom stereocenters. The first-order valence-electron chi connectivity index (χ1n) is 13.9. The van der Waals surface area contributed by atoms with Crippen LogP contribution in [0.15, 0.2) is 11.6 Å². The van der Waals surface area contributed by atoms with Crippen molar-refractivity contribution >= 4 is 0 Å². The van der Waals surface area contributed by atoms with E-state index in [2.05, 4.69) is 26.8 Å². The quantitative estimate of drug-likeness (QED) is 0.338. The lowest BCUT2D eigenvalue weighted by Crippen LogP contribution is -2.19. The van der Waals surface area contributed by atoms with E-state index in [1.165, 1.54) is 89.9 Å². The van der Waals surface area contributed by atoms with Crippen LogP contribution in [0.1, 0.15) is 136 Å². The van der Waals surface area contributed by atoms with Gasteiger partial charge < -0.3 is 0 Å². The monoisotopic (exact) mass is 400 g/mol. The minimum Gasteiger partial charge on any atom is -0.0822 e. The van der Waals surface area contributed by atoms with Crippen LogP contribution >= 0.6 is 0 Å². The topological polar surface area (TPSA) is 0 Å². The predicted molar refractivity (Wildman–Crippen MR) is 129 cm³/mol. The van der Waals surface area contributed by atoms with Gasteiger partial charge in [0.2, 0.25) is 0 Å². The summed E-state index contributed by atoms with van der Waals surface area (Å²) in [6, 6.07) is 0. The van der Waals surface area contributed by atoms with Gasteiger partial charge in [0.15, 0.2) is 0 Å². The van der Waals surface area contributed by atoms with Crippen LogP contribution in [0, 0.1) is 35.5 Å². The summed E-state index contributed by atoms with van der Waals surface area (Å²) in [4.78, 5) is 0. The average Bonchev–Trinajstić information content (AvgIpc) is 2.75. The molecule has 168 valence electrons. The largest absolute Gasteiger partial charge is 0.0822 e. The molecule has 0 spiro atoms. The SMILES string of the molecule is CCCC1CCC(C=C(C)C2CCC(CCC3CCC(CCC)CC3)CC2)CC1. The molecule has 29 heavy (non-hydrogen) atoms. The molecule has 3 aliphatic carbocycles. The molecule has 0 heteroatoms. The highest BCUT2D eigenvalue weighted by atomic mass is 14.3. The number of allylic oxidation sites excluding steroid dienone is 2. The maximum Gasteiger partial charge on any atom is -0.0206 e. The van der Waals surface area contributed by atoms with Gasteiger partial charge in [-0.1, -0.05) is 89.7 Å². The van der Waals surface area contributed by atoms with Gasteiger partial charge in [-0.3, -0.25) is 0 Å². The van der Waals surface area contributed by atoms with Crippen molar-refractivity contribution in [1.29, 1.82) is 0 Å². The van der Waals surface area contributed by atoms with E-state index < -0.39 is 0 Å². The number of rotatable bonds is 9. The van der Waals surface area contributed by atoms with Gasteiger partial charge in [-0.05, 0) is 93.8 Å². The molecular formula is C29H52. The van der Waals surface area contributed by atoms with Gasteiger partial charge >= 0.3 is 0 Å². The lowest BCUT2D eigenvalue weighted by molar-refractivity contribution is 0.219.